The molecule has 1 aliphatic heterocycles. The SMILES string of the molecule is Cc1noc(C(=O)NC23CC4CC(CC(C4)C2)C3)c1CN1CCCc2ccccc21. The van der Waals surface area contributed by atoms with Crippen LogP contribution in [0.3, 0.4) is 0 Å². The molecule has 158 valence electrons. The highest BCUT2D eigenvalue weighted by atomic mass is 16.5. The van der Waals surface area contributed by atoms with Gasteiger partial charge in [-0.3, -0.25) is 4.79 Å². The molecular formula is C25H31N3O2. The number of amides is 1. The number of nitrogens with one attached hydrogen (secondary N) is 1. The number of aromatic nitrogens is 1. The van der Waals surface area contributed by atoms with E-state index >= 15 is 0 Å². The van der Waals surface area contributed by atoms with E-state index in [4.69, 9.17) is 4.52 Å². The number of rotatable bonds is 4. The fourth-order valence-corrected chi connectivity index (χ4v) is 7.28. The molecule has 2 aromatic rings. The van der Waals surface area contributed by atoms with Gasteiger partial charge in [-0.1, -0.05) is 23.4 Å². The molecule has 5 heteroatoms. The molecule has 5 nitrogen and oxygen atoms in total. The largest absolute Gasteiger partial charge is 0.367 e. The maximum Gasteiger partial charge on any atom is 0.290 e. The van der Waals surface area contributed by atoms with Crippen molar-refractivity contribution < 1.29 is 9.32 Å². The second-order valence-electron chi connectivity index (χ2n) is 10.4. The van der Waals surface area contributed by atoms with Crippen LogP contribution in [0.25, 0.3) is 0 Å². The lowest BCUT2D eigenvalue weighted by Gasteiger charge is -2.56. The van der Waals surface area contributed by atoms with E-state index in [-0.39, 0.29) is 11.4 Å². The first-order chi connectivity index (χ1) is 14.6. The van der Waals surface area contributed by atoms with E-state index in [9.17, 15) is 4.79 Å². The van der Waals surface area contributed by atoms with Gasteiger partial charge in [0.1, 0.15) is 0 Å². The monoisotopic (exact) mass is 405 g/mol. The van der Waals surface area contributed by atoms with Crippen LogP contribution in [0.15, 0.2) is 28.8 Å². The van der Waals surface area contributed by atoms with Gasteiger partial charge in [0, 0.05) is 29.9 Å². The number of benzene rings is 1. The summed E-state index contributed by atoms with van der Waals surface area (Å²) in [5.41, 5.74) is 4.42. The Morgan fingerprint density at radius 3 is 2.60 bits per heavy atom. The molecule has 2 heterocycles. The molecule has 0 atom stereocenters. The smallest absolute Gasteiger partial charge is 0.290 e. The van der Waals surface area contributed by atoms with Crippen LogP contribution in [0.1, 0.15) is 72.3 Å². The van der Waals surface area contributed by atoms with E-state index in [1.807, 2.05) is 6.92 Å². The molecule has 4 aliphatic carbocycles. The van der Waals surface area contributed by atoms with Crippen LogP contribution in [-0.4, -0.2) is 23.1 Å². The van der Waals surface area contributed by atoms with E-state index < -0.39 is 0 Å². The van der Waals surface area contributed by atoms with Gasteiger partial charge in [0.25, 0.3) is 5.91 Å². The fraction of sp³-hybridized carbons (Fsp3) is 0.600. The Balaban J connectivity index is 1.24. The average molecular weight is 406 g/mol. The number of para-hydroxylation sites is 1. The minimum atomic E-state index is -0.0576. The first kappa shape index (κ1) is 18.5. The highest BCUT2D eigenvalue weighted by Gasteiger charge is 2.51. The standard InChI is InChI=1S/C25H31N3O2/c1-16-21(15-28-8-4-6-20-5-2-3-7-22(20)28)23(30-27-16)24(29)26-25-12-17-9-18(13-25)11-19(10-17)14-25/h2-3,5,7,17-19H,4,6,8-15H2,1H3,(H,26,29). The van der Waals surface area contributed by atoms with Gasteiger partial charge in [-0.2, -0.15) is 0 Å². The molecular weight excluding hydrogens is 374 g/mol. The summed E-state index contributed by atoms with van der Waals surface area (Å²) in [5, 5.41) is 7.65. The Labute approximate surface area is 178 Å². The van der Waals surface area contributed by atoms with E-state index in [1.54, 1.807) is 0 Å². The van der Waals surface area contributed by atoms with Crippen molar-refractivity contribution in [3.63, 3.8) is 0 Å². The molecule has 0 spiro atoms. The predicted octanol–water partition coefficient (Wildman–Crippen LogP) is 4.63. The lowest BCUT2D eigenvalue weighted by molar-refractivity contribution is -0.0172. The van der Waals surface area contributed by atoms with Crippen molar-refractivity contribution in [3.05, 3.63) is 46.8 Å². The lowest BCUT2D eigenvalue weighted by atomic mass is 9.53. The quantitative estimate of drug-likeness (QED) is 0.805. The molecule has 7 rings (SSSR count). The highest BCUT2D eigenvalue weighted by Crippen LogP contribution is 2.55. The second kappa shape index (κ2) is 6.86. The number of hydrogen-bond donors (Lipinski definition) is 1. The van der Waals surface area contributed by atoms with Crippen LogP contribution >= 0.6 is 0 Å². The van der Waals surface area contributed by atoms with Crippen molar-refractivity contribution in [2.45, 2.75) is 70.4 Å². The van der Waals surface area contributed by atoms with Crippen molar-refractivity contribution in [1.29, 1.82) is 0 Å². The molecule has 1 aromatic heterocycles. The van der Waals surface area contributed by atoms with Crippen LogP contribution in [0, 0.1) is 24.7 Å². The van der Waals surface area contributed by atoms with Crippen LogP contribution in [0.2, 0.25) is 0 Å². The van der Waals surface area contributed by atoms with Gasteiger partial charge >= 0.3 is 0 Å². The first-order valence-electron chi connectivity index (χ1n) is 11.7. The zero-order chi connectivity index (χ0) is 20.3. The summed E-state index contributed by atoms with van der Waals surface area (Å²) in [6.45, 7) is 3.63. The predicted molar refractivity (Wildman–Crippen MR) is 115 cm³/mol. The molecule has 1 N–H and O–H groups in total. The molecule has 1 aromatic carbocycles. The topological polar surface area (TPSA) is 58.4 Å². The number of carbonyl (C=O) groups is 1. The summed E-state index contributed by atoms with van der Waals surface area (Å²) in [6.07, 6.45) is 9.80. The van der Waals surface area contributed by atoms with Crippen molar-refractivity contribution in [3.8, 4) is 0 Å². The number of nitrogens with zero attached hydrogens (tertiary/aromatic N) is 2. The van der Waals surface area contributed by atoms with Crippen LogP contribution in [-0.2, 0) is 13.0 Å². The lowest BCUT2D eigenvalue weighted by Crippen LogP contribution is -2.59. The maximum atomic E-state index is 13.4. The van der Waals surface area contributed by atoms with Crippen molar-refractivity contribution in [2.75, 3.05) is 11.4 Å². The van der Waals surface area contributed by atoms with Gasteiger partial charge in [0.2, 0.25) is 5.76 Å². The minimum Gasteiger partial charge on any atom is -0.367 e. The number of carbonyl (C=O) groups excluding carboxylic acids is 1. The van der Waals surface area contributed by atoms with Gasteiger partial charge in [-0.05, 0) is 87.7 Å². The zero-order valence-corrected chi connectivity index (χ0v) is 17.8. The molecule has 4 bridgehead atoms. The van der Waals surface area contributed by atoms with Gasteiger partial charge in [0.15, 0.2) is 0 Å². The van der Waals surface area contributed by atoms with Gasteiger partial charge in [-0.15, -0.1) is 0 Å². The molecule has 0 unspecified atom stereocenters. The van der Waals surface area contributed by atoms with Crippen molar-refractivity contribution in [2.24, 2.45) is 17.8 Å². The number of fused-ring (bicyclic) bond motifs is 1. The highest BCUT2D eigenvalue weighted by molar-refractivity contribution is 5.93. The molecule has 4 fully saturated rings. The first-order valence-corrected chi connectivity index (χ1v) is 11.7. The third-order valence-corrected chi connectivity index (χ3v) is 8.16. The molecule has 0 saturated heterocycles. The summed E-state index contributed by atoms with van der Waals surface area (Å²) in [7, 11) is 0. The fourth-order valence-electron chi connectivity index (χ4n) is 7.28. The Morgan fingerprint density at radius 1 is 1.17 bits per heavy atom. The zero-order valence-electron chi connectivity index (χ0n) is 17.8. The summed E-state index contributed by atoms with van der Waals surface area (Å²) in [5.74, 6) is 2.77. The number of hydrogen-bond acceptors (Lipinski definition) is 4. The van der Waals surface area contributed by atoms with E-state index in [0.717, 1.165) is 67.7 Å². The Kier molecular flexibility index (Phi) is 4.22. The Bertz CT molecular complexity index is 943. The van der Waals surface area contributed by atoms with Crippen LogP contribution in [0.5, 0.6) is 0 Å². The maximum absolute atomic E-state index is 13.4. The summed E-state index contributed by atoms with van der Waals surface area (Å²) < 4.78 is 5.61. The molecule has 5 aliphatic rings. The molecule has 1 amide bonds. The van der Waals surface area contributed by atoms with Crippen LogP contribution in [0.4, 0.5) is 5.69 Å². The summed E-state index contributed by atoms with van der Waals surface area (Å²) >= 11 is 0. The van der Waals surface area contributed by atoms with Gasteiger partial charge < -0.3 is 14.7 Å². The second-order valence-corrected chi connectivity index (χ2v) is 10.4. The average Bonchev–Trinajstić information content (AvgIpc) is 3.07. The van der Waals surface area contributed by atoms with E-state index in [1.165, 1.54) is 30.5 Å². The van der Waals surface area contributed by atoms with Gasteiger partial charge in [-0.25, -0.2) is 0 Å². The molecule has 0 radical (unpaired) electrons. The normalized spacial score (nSPS) is 31.6. The third-order valence-electron chi connectivity index (χ3n) is 8.16. The Hall–Kier alpha value is -2.30. The minimum absolute atomic E-state index is 0.0124. The van der Waals surface area contributed by atoms with Crippen LogP contribution < -0.4 is 10.2 Å². The Morgan fingerprint density at radius 2 is 1.87 bits per heavy atom. The third kappa shape index (κ3) is 3.05. The van der Waals surface area contributed by atoms with Crippen molar-refractivity contribution in [1.82, 2.24) is 10.5 Å². The number of anilines is 1. The molecule has 30 heavy (non-hydrogen) atoms. The summed E-state index contributed by atoms with van der Waals surface area (Å²) in [4.78, 5) is 15.8. The van der Waals surface area contributed by atoms with Gasteiger partial charge in [0.05, 0.1) is 5.69 Å². The summed E-state index contributed by atoms with van der Waals surface area (Å²) in [6, 6.07) is 8.60. The molecule has 4 saturated carbocycles. The van der Waals surface area contributed by atoms with E-state index in [0.29, 0.717) is 12.3 Å². The van der Waals surface area contributed by atoms with E-state index in [2.05, 4.69) is 39.6 Å². The van der Waals surface area contributed by atoms with Crippen molar-refractivity contribution >= 4 is 11.6 Å². The number of aryl methyl sites for hydroxylation is 2.